The molecule has 3 aromatic rings. The van der Waals surface area contributed by atoms with E-state index in [1.807, 2.05) is 24.3 Å². The van der Waals surface area contributed by atoms with Crippen LogP contribution in [-0.2, 0) is 7.05 Å². The van der Waals surface area contributed by atoms with Gasteiger partial charge in [0.15, 0.2) is 5.69 Å². The highest BCUT2D eigenvalue weighted by molar-refractivity contribution is 6.13. The summed E-state index contributed by atoms with van der Waals surface area (Å²) in [5, 5.41) is 5.27. The van der Waals surface area contributed by atoms with Crippen LogP contribution in [0.4, 0.5) is 5.69 Å². The number of para-hydroxylation sites is 2. The smallest absolute Gasteiger partial charge is 0.279 e. The number of carbonyl (C=O) groups excluding carboxylic acids is 1. The van der Waals surface area contributed by atoms with Gasteiger partial charge in [-0.05, 0) is 18.2 Å². The van der Waals surface area contributed by atoms with E-state index in [-0.39, 0.29) is 17.2 Å². The Kier molecular flexibility index (Phi) is 3.30. The van der Waals surface area contributed by atoms with Crippen molar-refractivity contribution in [2.75, 3.05) is 18.1 Å². The summed E-state index contributed by atoms with van der Waals surface area (Å²) in [5.41, 5.74) is 0.766. The summed E-state index contributed by atoms with van der Waals surface area (Å²) in [4.78, 5) is 27.0. The third-order valence-corrected chi connectivity index (χ3v) is 4.13. The molecule has 1 aliphatic heterocycles. The van der Waals surface area contributed by atoms with Gasteiger partial charge < -0.3 is 9.64 Å². The van der Waals surface area contributed by atoms with E-state index in [1.54, 1.807) is 36.2 Å². The lowest BCUT2D eigenvalue weighted by atomic mass is 10.1. The standard InChI is InChI=1S/C18H15N3O3/c1-20-17(22)13-7-3-2-6-12(13)16(19-20)18(23)21-10-11-24-15-9-5-4-8-14(15)21/h2-9H,10-11H2,1H3. The minimum absolute atomic E-state index is 0.218. The van der Waals surface area contributed by atoms with Crippen molar-refractivity contribution in [2.24, 2.45) is 7.05 Å². The number of hydrogen-bond donors (Lipinski definition) is 0. The van der Waals surface area contributed by atoms with Crippen LogP contribution in [0.15, 0.2) is 53.3 Å². The summed E-state index contributed by atoms with van der Waals surface area (Å²) in [7, 11) is 1.55. The zero-order valence-corrected chi connectivity index (χ0v) is 13.1. The molecule has 0 fully saturated rings. The van der Waals surface area contributed by atoms with Crippen LogP contribution >= 0.6 is 0 Å². The topological polar surface area (TPSA) is 64.4 Å². The molecule has 2 heterocycles. The van der Waals surface area contributed by atoms with E-state index in [0.717, 1.165) is 0 Å². The van der Waals surface area contributed by atoms with Crippen molar-refractivity contribution in [3.8, 4) is 5.75 Å². The van der Waals surface area contributed by atoms with E-state index in [0.29, 0.717) is 35.4 Å². The van der Waals surface area contributed by atoms with E-state index in [4.69, 9.17) is 4.74 Å². The molecule has 1 amide bonds. The monoisotopic (exact) mass is 321 g/mol. The van der Waals surface area contributed by atoms with Crippen molar-refractivity contribution in [1.82, 2.24) is 9.78 Å². The Morgan fingerprint density at radius 1 is 1.08 bits per heavy atom. The molecule has 2 aromatic carbocycles. The van der Waals surface area contributed by atoms with Crippen LogP contribution in [0.1, 0.15) is 10.5 Å². The van der Waals surface area contributed by atoms with Gasteiger partial charge in [0, 0.05) is 12.4 Å². The molecule has 6 nitrogen and oxygen atoms in total. The molecule has 0 unspecified atom stereocenters. The predicted molar refractivity (Wildman–Crippen MR) is 90.6 cm³/mol. The fourth-order valence-electron chi connectivity index (χ4n) is 2.97. The molecule has 24 heavy (non-hydrogen) atoms. The van der Waals surface area contributed by atoms with Crippen LogP contribution < -0.4 is 15.2 Å². The second-order valence-electron chi connectivity index (χ2n) is 5.60. The van der Waals surface area contributed by atoms with Gasteiger partial charge in [-0.25, -0.2) is 4.68 Å². The molecular weight excluding hydrogens is 306 g/mol. The van der Waals surface area contributed by atoms with E-state index >= 15 is 0 Å². The summed E-state index contributed by atoms with van der Waals surface area (Å²) in [6.45, 7) is 0.862. The van der Waals surface area contributed by atoms with E-state index in [1.165, 1.54) is 4.68 Å². The Hall–Kier alpha value is -3.15. The number of amides is 1. The minimum atomic E-state index is -0.238. The van der Waals surface area contributed by atoms with Gasteiger partial charge >= 0.3 is 0 Å². The molecule has 6 heteroatoms. The third-order valence-electron chi connectivity index (χ3n) is 4.13. The lowest BCUT2D eigenvalue weighted by Gasteiger charge is -2.29. The van der Waals surface area contributed by atoms with E-state index in [9.17, 15) is 9.59 Å². The zero-order valence-electron chi connectivity index (χ0n) is 13.1. The number of anilines is 1. The van der Waals surface area contributed by atoms with E-state index in [2.05, 4.69) is 5.10 Å². The van der Waals surface area contributed by atoms with Gasteiger partial charge in [0.25, 0.3) is 11.5 Å². The number of aromatic nitrogens is 2. The Morgan fingerprint density at radius 3 is 2.62 bits per heavy atom. The number of rotatable bonds is 1. The molecular formula is C18H15N3O3. The molecule has 0 N–H and O–H groups in total. The maximum atomic E-state index is 13.1. The summed E-state index contributed by atoms with van der Waals surface area (Å²) in [6, 6.07) is 14.5. The van der Waals surface area contributed by atoms with Crippen molar-refractivity contribution in [1.29, 1.82) is 0 Å². The minimum Gasteiger partial charge on any atom is -0.490 e. The lowest BCUT2D eigenvalue weighted by molar-refractivity contribution is 0.0971. The molecule has 0 atom stereocenters. The van der Waals surface area contributed by atoms with Gasteiger partial charge in [0.2, 0.25) is 0 Å². The fourth-order valence-corrected chi connectivity index (χ4v) is 2.97. The number of ether oxygens (including phenoxy) is 1. The van der Waals surface area contributed by atoms with Crippen molar-refractivity contribution in [2.45, 2.75) is 0 Å². The number of aryl methyl sites for hydroxylation is 1. The third kappa shape index (κ3) is 2.15. The van der Waals surface area contributed by atoms with Gasteiger partial charge in [0.05, 0.1) is 17.6 Å². The van der Waals surface area contributed by atoms with Crippen LogP contribution in [0.3, 0.4) is 0 Å². The fraction of sp³-hybridized carbons (Fsp3) is 0.167. The molecule has 0 saturated heterocycles. The van der Waals surface area contributed by atoms with Crippen LogP contribution in [0.5, 0.6) is 5.75 Å². The van der Waals surface area contributed by atoms with Crippen molar-refractivity contribution in [3.63, 3.8) is 0 Å². The van der Waals surface area contributed by atoms with Gasteiger partial charge in [-0.2, -0.15) is 5.10 Å². The Balaban J connectivity index is 1.89. The number of benzene rings is 2. The number of fused-ring (bicyclic) bond motifs is 2. The van der Waals surface area contributed by atoms with Crippen molar-refractivity contribution < 1.29 is 9.53 Å². The number of nitrogens with zero attached hydrogens (tertiary/aromatic N) is 3. The molecule has 4 rings (SSSR count). The van der Waals surface area contributed by atoms with Crippen LogP contribution in [0.2, 0.25) is 0 Å². The second kappa shape index (κ2) is 5.49. The van der Waals surface area contributed by atoms with Crippen LogP contribution in [-0.4, -0.2) is 28.8 Å². The molecule has 0 bridgehead atoms. The van der Waals surface area contributed by atoms with Crippen molar-refractivity contribution >= 4 is 22.4 Å². The molecule has 0 aliphatic carbocycles. The first-order valence-electron chi connectivity index (χ1n) is 7.66. The highest BCUT2D eigenvalue weighted by Crippen LogP contribution is 2.32. The van der Waals surface area contributed by atoms with Gasteiger partial charge in [0.1, 0.15) is 12.4 Å². The maximum Gasteiger partial charge on any atom is 0.279 e. The Labute approximate surface area is 137 Å². The summed E-state index contributed by atoms with van der Waals surface area (Å²) < 4.78 is 6.81. The Bertz CT molecular complexity index is 1010. The number of hydrogen-bond acceptors (Lipinski definition) is 4. The lowest BCUT2D eigenvalue weighted by Crippen LogP contribution is -2.39. The molecule has 0 radical (unpaired) electrons. The van der Waals surface area contributed by atoms with Gasteiger partial charge in [-0.1, -0.05) is 30.3 Å². The highest BCUT2D eigenvalue weighted by Gasteiger charge is 2.27. The largest absolute Gasteiger partial charge is 0.490 e. The van der Waals surface area contributed by atoms with Crippen LogP contribution in [0.25, 0.3) is 10.8 Å². The normalized spacial score (nSPS) is 13.5. The van der Waals surface area contributed by atoms with Gasteiger partial charge in [-0.3, -0.25) is 9.59 Å². The first-order chi connectivity index (χ1) is 11.7. The van der Waals surface area contributed by atoms with Crippen LogP contribution in [0, 0.1) is 0 Å². The maximum absolute atomic E-state index is 13.1. The first kappa shape index (κ1) is 14.4. The quantitative estimate of drug-likeness (QED) is 0.687. The molecule has 0 saturated carbocycles. The number of carbonyl (C=O) groups is 1. The Morgan fingerprint density at radius 2 is 1.79 bits per heavy atom. The highest BCUT2D eigenvalue weighted by atomic mass is 16.5. The predicted octanol–water partition coefficient (Wildman–Crippen LogP) is 1.97. The average Bonchev–Trinajstić information content (AvgIpc) is 2.63. The second-order valence-corrected chi connectivity index (χ2v) is 5.60. The molecule has 1 aliphatic rings. The average molecular weight is 321 g/mol. The first-order valence-corrected chi connectivity index (χ1v) is 7.66. The summed E-state index contributed by atoms with van der Waals surface area (Å²) in [5.74, 6) is 0.434. The summed E-state index contributed by atoms with van der Waals surface area (Å²) >= 11 is 0. The molecule has 1 aromatic heterocycles. The van der Waals surface area contributed by atoms with Gasteiger partial charge in [-0.15, -0.1) is 0 Å². The van der Waals surface area contributed by atoms with E-state index < -0.39 is 0 Å². The molecule has 0 spiro atoms. The summed E-state index contributed by atoms with van der Waals surface area (Å²) in [6.07, 6.45) is 0. The zero-order chi connectivity index (χ0) is 16.7. The SMILES string of the molecule is Cn1nc(C(=O)N2CCOc3ccccc32)c2ccccc2c1=O. The molecule has 120 valence electrons. The van der Waals surface area contributed by atoms with Crippen molar-refractivity contribution in [3.05, 3.63) is 64.6 Å².